The molecule has 0 aliphatic carbocycles. The molecule has 0 spiro atoms. The Kier molecular flexibility index (Phi) is 4.85. The van der Waals surface area contributed by atoms with Crippen LogP contribution in [-0.4, -0.2) is 51.3 Å². The van der Waals surface area contributed by atoms with Crippen LogP contribution in [0.3, 0.4) is 0 Å². The number of pyridine rings is 1. The first kappa shape index (κ1) is 16.5. The normalized spacial score (nSPS) is 17.5. The Bertz CT molecular complexity index is 731. The van der Waals surface area contributed by atoms with Crippen molar-refractivity contribution in [2.24, 2.45) is 0 Å². The van der Waals surface area contributed by atoms with E-state index in [1.165, 1.54) is 0 Å². The van der Waals surface area contributed by atoms with Crippen molar-refractivity contribution in [1.82, 2.24) is 24.8 Å². The molecule has 1 atom stereocenters. The number of rotatable bonds is 4. The van der Waals surface area contributed by atoms with Crippen LogP contribution in [0.5, 0.6) is 0 Å². The molecular formula is C18H23N5O. The minimum atomic E-state index is -0.0554. The highest BCUT2D eigenvalue weighted by Gasteiger charge is 2.32. The van der Waals surface area contributed by atoms with Gasteiger partial charge in [0.1, 0.15) is 0 Å². The van der Waals surface area contributed by atoms with Gasteiger partial charge in [-0.1, -0.05) is 0 Å². The van der Waals surface area contributed by atoms with Gasteiger partial charge in [-0.2, -0.15) is 0 Å². The molecule has 1 aliphatic rings. The van der Waals surface area contributed by atoms with Gasteiger partial charge in [-0.05, 0) is 51.6 Å². The van der Waals surface area contributed by atoms with Crippen molar-refractivity contribution >= 4 is 5.91 Å². The highest BCUT2D eigenvalue weighted by molar-refractivity contribution is 5.94. The Morgan fingerprint density at radius 1 is 1.38 bits per heavy atom. The van der Waals surface area contributed by atoms with Crippen LogP contribution in [0.25, 0.3) is 0 Å². The highest BCUT2D eigenvalue weighted by atomic mass is 16.2. The number of aryl methyl sites for hydroxylation is 1. The van der Waals surface area contributed by atoms with Crippen LogP contribution >= 0.6 is 0 Å². The topological polar surface area (TPSA) is 62.2 Å². The highest BCUT2D eigenvalue weighted by Crippen LogP contribution is 2.31. The van der Waals surface area contributed by atoms with Crippen molar-refractivity contribution in [3.8, 4) is 0 Å². The van der Waals surface area contributed by atoms with E-state index >= 15 is 0 Å². The average Bonchev–Trinajstić information content (AvgIpc) is 3.03. The number of aromatic nitrogens is 3. The molecule has 1 fully saturated rings. The monoisotopic (exact) mass is 325 g/mol. The van der Waals surface area contributed by atoms with E-state index in [0.29, 0.717) is 5.56 Å². The molecule has 6 heteroatoms. The first-order chi connectivity index (χ1) is 11.5. The van der Waals surface area contributed by atoms with Gasteiger partial charge in [-0.25, -0.2) is 9.97 Å². The zero-order valence-electron chi connectivity index (χ0n) is 14.4. The van der Waals surface area contributed by atoms with Crippen molar-refractivity contribution in [2.75, 3.05) is 20.6 Å². The van der Waals surface area contributed by atoms with Crippen LogP contribution in [0, 0.1) is 6.92 Å². The second-order valence-electron chi connectivity index (χ2n) is 6.55. The summed E-state index contributed by atoms with van der Waals surface area (Å²) in [7, 11) is 4.02. The average molecular weight is 325 g/mol. The molecule has 126 valence electrons. The van der Waals surface area contributed by atoms with Crippen molar-refractivity contribution in [1.29, 1.82) is 0 Å². The number of carbonyl (C=O) groups excluding carboxylic acids is 1. The van der Waals surface area contributed by atoms with E-state index in [4.69, 9.17) is 0 Å². The quantitative estimate of drug-likeness (QED) is 0.862. The zero-order valence-corrected chi connectivity index (χ0v) is 14.4. The van der Waals surface area contributed by atoms with Gasteiger partial charge in [0.25, 0.3) is 5.91 Å². The molecule has 1 amide bonds. The van der Waals surface area contributed by atoms with Crippen molar-refractivity contribution in [2.45, 2.75) is 32.4 Å². The van der Waals surface area contributed by atoms with Gasteiger partial charge in [-0.3, -0.25) is 9.78 Å². The molecule has 1 saturated heterocycles. The van der Waals surface area contributed by atoms with Crippen LogP contribution in [0.2, 0.25) is 0 Å². The summed E-state index contributed by atoms with van der Waals surface area (Å²) in [6.45, 7) is 3.44. The van der Waals surface area contributed by atoms with Crippen LogP contribution in [0.15, 0.2) is 30.7 Å². The van der Waals surface area contributed by atoms with E-state index in [2.05, 4.69) is 19.9 Å². The lowest BCUT2D eigenvalue weighted by molar-refractivity contribution is 0.0729. The number of likely N-dealkylation sites (tertiary alicyclic amines) is 1. The number of carbonyl (C=O) groups is 1. The Balaban J connectivity index is 1.84. The van der Waals surface area contributed by atoms with E-state index < -0.39 is 0 Å². The van der Waals surface area contributed by atoms with Crippen molar-refractivity contribution in [3.05, 3.63) is 53.4 Å². The molecule has 3 heterocycles. The fourth-order valence-electron chi connectivity index (χ4n) is 3.10. The number of nitrogens with zero attached hydrogens (tertiary/aromatic N) is 5. The standard InChI is InChI=1S/C18H23N5O/c1-13-9-14(11-19-10-13)18(24)23-8-4-5-16(23)17-20-7-6-15(21-17)12-22(2)3/h6-7,9-11,16H,4-5,8,12H2,1-3H3/t16-/m1/s1. The van der Waals surface area contributed by atoms with Crippen molar-refractivity contribution in [3.63, 3.8) is 0 Å². The van der Waals surface area contributed by atoms with Gasteiger partial charge in [0.2, 0.25) is 0 Å². The van der Waals surface area contributed by atoms with Crippen LogP contribution in [0.1, 0.15) is 46.3 Å². The maximum absolute atomic E-state index is 12.9. The smallest absolute Gasteiger partial charge is 0.256 e. The van der Waals surface area contributed by atoms with Gasteiger partial charge >= 0.3 is 0 Å². The summed E-state index contributed by atoms with van der Waals surface area (Å²) in [5, 5.41) is 0. The maximum Gasteiger partial charge on any atom is 0.256 e. The summed E-state index contributed by atoms with van der Waals surface area (Å²) in [5.74, 6) is 0.746. The van der Waals surface area contributed by atoms with Gasteiger partial charge in [-0.15, -0.1) is 0 Å². The predicted molar refractivity (Wildman–Crippen MR) is 91.4 cm³/mol. The summed E-state index contributed by atoms with van der Waals surface area (Å²) >= 11 is 0. The summed E-state index contributed by atoms with van der Waals surface area (Å²) in [6.07, 6.45) is 7.05. The molecule has 0 radical (unpaired) electrons. The first-order valence-electron chi connectivity index (χ1n) is 8.24. The summed E-state index contributed by atoms with van der Waals surface area (Å²) < 4.78 is 0. The van der Waals surface area contributed by atoms with Gasteiger partial charge in [0.05, 0.1) is 17.3 Å². The molecule has 0 aromatic carbocycles. The summed E-state index contributed by atoms with van der Waals surface area (Å²) in [4.78, 5) is 30.1. The predicted octanol–water partition coefficient (Wildman–Crippen LogP) is 2.22. The first-order valence-corrected chi connectivity index (χ1v) is 8.24. The van der Waals surface area contributed by atoms with Gasteiger partial charge in [0, 0.05) is 31.7 Å². The van der Waals surface area contributed by atoms with Crippen LogP contribution < -0.4 is 0 Å². The maximum atomic E-state index is 12.9. The van der Waals surface area contributed by atoms with Crippen LogP contribution in [-0.2, 0) is 6.54 Å². The molecule has 3 rings (SSSR count). The van der Waals surface area contributed by atoms with E-state index in [1.54, 1.807) is 18.6 Å². The third kappa shape index (κ3) is 3.59. The third-order valence-electron chi connectivity index (χ3n) is 4.14. The van der Waals surface area contributed by atoms with E-state index in [1.807, 2.05) is 38.1 Å². The molecule has 0 bridgehead atoms. The summed E-state index contributed by atoms with van der Waals surface area (Å²) in [5.41, 5.74) is 2.59. The molecule has 0 unspecified atom stereocenters. The third-order valence-corrected chi connectivity index (χ3v) is 4.14. The zero-order chi connectivity index (χ0) is 17.1. The lowest BCUT2D eigenvalue weighted by Crippen LogP contribution is -2.31. The molecule has 0 N–H and O–H groups in total. The SMILES string of the molecule is Cc1cncc(C(=O)N2CCC[C@@H]2c2nccc(CN(C)C)n2)c1. The minimum absolute atomic E-state index is 0.00955. The van der Waals surface area contributed by atoms with Gasteiger partial charge < -0.3 is 9.80 Å². The lowest BCUT2D eigenvalue weighted by Gasteiger charge is -2.24. The fraction of sp³-hybridized carbons (Fsp3) is 0.444. The number of hydrogen-bond acceptors (Lipinski definition) is 5. The minimum Gasteiger partial charge on any atom is -0.328 e. The van der Waals surface area contributed by atoms with Crippen LogP contribution in [0.4, 0.5) is 0 Å². The molecule has 2 aromatic rings. The van der Waals surface area contributed by atoms with Crippen molar-refractivity contribution < 1.29 is 4.79 Å². The number of amides is 1. The van der Waals surface area contributed by atoms with E-state index in [9.17, 15) is 4.79 Å². The Labute approximate surface area is 142 Å². The second-order valence-corrected chi connectivity index (χ2v) is 6.55. The molecule has 0 saturated carbocycles. The van der Waals surface area contributed by atoms with E-state index in [-0.39, 0.29) is 11.9 Å². The Morgan fingerprint density at radius 2 is 2.21 bits per heavy atom. The second kappa shape index (κ2) is 7.05. The molecule has 1 aliphatic heterocycles. The molecular weight excluding hydrogens is 302 g/mol. The number of hydrogen-bond donors (Lipinski definition) is 0. The molecule has 24 heavy (non-hydrogen) atoms. The van der Waals surface area contributed by atoms with E-state index in [0.717, 1.165) is 43.0 Å². The Morgan fingerprint density at radius 3 is 2.96 bits per heavy atom. The Hall–Kier alpha value is -2.34. The lowest BCUT2D eigenvalue weighted by atomic mass is 10.1. The molecule has 2 aromatic heterocycles. The molecule has 6 nitrogen and oxygen atoms in total. The largest absolute Gasteiger partial charge is 0.328 e. The fourth-order valence-corrected chi connectivity index (χ4v) is 3.10. The summed E-state index contributed by atoms with van der Waals surface area (Å²) in [6, 6.07) is 3.75. The van der Waals surface area contributed by atoms with Gasteiger partial charge in [0.15, 0.2) is 5.82 Å².